The van der Waals surface area contributed by atoms with Crippen LogP contribution in [-0.2, 0) is 47.0 Å². The number of methoxy groups -OCH3 is 2. The number of nitrogens with zero attached hydrogens (tertiary/aromatic N) is 3. The molecule has 2 aromatic rings. The van der Waals surface area contributed by atoms with Crippen LogP contribution in [0.4, 0.5) is 0 Å². The van der Waals surface area contributed by atoms with Crippen molar-refractivity contribution in [1.29, 1.82) is 0 Å². The van der Waals surface area contributed by atoms with E-state index in [1.165, 1.54) is 20.6 Å². The highest BCUT2D eigenvalue weighted by molar-refractivity contribution is 7.86. The van der Waals surface area contributed by atoms with Gasteiger partial charge in [-0.2, -0.15) is 17.0 Å². The van der Waals surface area contributed by atoms with E-state index >= 15 is 0 Å². The van der Waals surface area contributed by atoms with Gasteiger partial charge in [0, 0.05) is 46.3 Å². The van der Waals surface area contributed by atoms with Crippen molar-refractivity contribution in [2.45, 2.75) is 31.6 Å². The Labute approximate surface area is 258 Å². The molecule has 0 aromatic heterocycles. The molecule has 44 heavy (non-hydrogen) atoms. The second-order valence-corrected chi connectivity index (χ2v) is 12.8. The highest BCUT2D eigenvalue weighted by Crippen LogP contribution is 2.33. The molecule has 1 N–H and O–H groups in total. The van der Waals surface area contributed by atoms with Crippen LogP contribution in [0.3, 0.4) is 0 Å². The fourth-order valence-corrected chi connectivity index (χ4v) is 7.11. The number of carbonyl (C=O) groups excluding carboxylic acids is 2. The van der Waals surface area contributed by atoms with Gasteiger partial charge in [-0.1, -0.05) is 18.2 Å². The average Bonchev–Trinajstić information content (AvgIpc) is 3.44. The van der Waals surface area contributed by atoms with Crippen LogP contribution in [0, 0.1) is 0 Å². The average molecular weight is 633 g/mol. The molecule has 240 valence electrons. The third kappa shape index (κ3) is 7.86. The van der Waals surface area contributed by atoms with Crippen molar-refractivity contribution in [1.82, 2.24) is 18.8 Å². The molecule has 0 radical (unpaired) electrons. The van der Waals surface area contributed by atoms with Crippen LogP contribution in [0.1, 0.15) is 17.5 Å². The van der Waals surface area contributed by atoms with Gasteiger partial charge in [0.1, 0.15) is 5.75 Å². The van der Waals surface area contributed by atoms with Gasteiger partial charge in [0.05, 0.1) is 52.2 Å². The van der Waals surface area contributed by atoms with Crippen molar-refractivity contribution < 1.29 is 41.7 Å². The number of fused-ring (bicyclic) bond motifs is 5. The topological polar surface area (TPSA) is 136 Å². The molecule has 0 saturated carbocycles. The number of amides is 2. The van der Waals surface area contributed by atoms with Crippen molar-refractivity contribution in [3.05, 3.63) is 53.6 Å². The van der Waals surface area contributed by atoms with Crippen LogP contribution in [0.15, 0.2) is 42.5 Å². The first-order valence-electron chi connectivity index (χ1n) is 14.7. The third-order valence-corrected chi connectivity index (χ3v) is 9.87. The van der Waals surface area contributed by atoms with E-state index in [2.05, 4.69) is 5.32 Å². The van der Waals surface area contributed by atoms with Crippen molar-refractivity contribution in [3.8, 4) is 17.2 Å². The summed E-state index contributed by atoms with van der Waals surface area (Å²) in [4.78, 5) is 28.1. The van der Waals surface area contributed by atoms with Crippen LogP contribution >= 0.6 is 0 Å². The van der Waals surface area contributed by atoms with E-state index in [9.17, 15) is 18.0 Å². The summed E-state index contributed by atoms with van der Waals surface area (Å²) < 4.78 is 58.2. The van der Waals surface area contributed by atoms with Crippen molar-refractivity contribution in [3.63, 3.8) is 0 Å². The predicted molar refractivity (Wildman–Crippen MR) is 160 cm³/mol. The van der Waals surface area contributed by atoms with Gasteiger partial charge >= 0.3 is 0 Å². The highest BCUT2D eigenvalue weighted by atomic mass is 32.2. The molecule has 2 amide bonds. The van der Waals surface area contributed by atoms with Crippen molar-refractivity contribution in [2.24, 2.45) is 0 Å². The molecule has 14 heteroatoms. The molecule has 4 bridgehead atoms. The van der Waals surface area contributed by atoms with E-state index < -0.39 is 28.3 Å². The summed E-state index contributed by atoms with van der Waals surface area (Å²) in [7, 11) is -0.704. The summed E-state index contributed by atoms with van der Waals surface area (Å²) in [6.45, 7) is 1.75. The number of hydrogen-bond donors (Lipinski definition) is 1. The number of rotatable bonds is 6. The lowest BCUT2D eigenvalue weighted by Crippen LogP contribution is -2.50. The summed E-state index contributed by atoms with van der Waals surface area (Å²) in [5.74, 6) is 1.01. The normalized spacial score (nSPS) is 22.8. The fraction of sp³-hybridized carbons (Fsp3) is 0.533. The van der Waals surface area contributed by atoms with Gasteiger partial charge in [-0.25, -0.2) is 0 Å². The minimum Gasteiger partial charge on any atom is -0.493 e. The van der Waals surface area contributed by atoms with Crippen molar-refractivity contribution >= 4 is 22.0 Å². The highest BCUT2D eigenvalue weighted by Gasteiger charge is 2.43. The van der Waals surface area contributed by atoms with Crippen LogP contribution in [0.2, 0.25) is 0 Å². The van der Waals surface area contributed by atoms with E-state index in [-0.39, 0.29) is 64.8 Å². The molecule has 13 nitrogen and oxygen atoms in total. The van der Waals surface area contributed by atoms with Gasteiger partial charge in [0.15, 0.2) is 11.5 Å². The van der Waals surface area contributed by atoms with E-state index in [1.54, 1.807) is 13.2 Å². The number of hydrogen-bond acceptors (Lipinski definition) is 9. The smallest absolute Gasteiger partial charge is 0.282 e. The molecule has 3 heterocycles. The number of benzene rings is 2. The molecule has 2 fully saturated rings. The largest absolute Gasteiger partial charge is 0.493 e. The number of carbonyl (C=O) groups is 2. The number of nitrogens with one attached hydrogen (secondary N) is 1. The first-order valence-corrected chi connectivity index (χ1v) is 16.1. The molecule has 2 aromatic carbocycles. The minimum absolute atomic E-state index is 0.0414. The summed E-state index contributed by atoms with van der Waals surface area (Å²) in [6, 6.07) is 12.3. The van der Waals surface area contributed by atoms with Crippen molar-refractivity contribution in [2.75, 3.05) is 73.3 Å². The lowest BCUT2D eigenvalue weighted by atomic mass is 10.1. The Morgan fingerprint density at radius 3 is 2.57 bits per heavy atom. The third-order valence-electron chi connectivity index (χ3n) is 7.90. The lowest BCUT2D eigenvalue weighted by molar-refractivity contribution is -0.137. The number of aryl methyl sites for hydroxylation is 1. The van der Waals surface area contributed by atoms with Gasteiger partial charge in [-0.3, -0.25) is 9.59 Å². The molecule has 5 rings (SSSR count). The maximum atomic E-state index is 13.5. The summed E-state index contributed by atoms with van der Waals surface area (Å²) >= 11 is 0. The van der Waals surface area contributed by atoms with Crippen LogP contribution in [0.25, 0.3) is 0 Å². The molecular weight excluding hydrogens is 592 g/mol. The van der Waals surface area contributed by atoms with Crippen LogP contribution in [0.5, 0.6) is 17.2 Å². The zero-order valence-corrected chi connectivity index (χ0v) is 25.9. The minimum atomic E-state index is -3.80. The molecular formula is C30H40N4O9S. The maximum Gasteiger partial charge on any atom is 0.282 e. The maximum absolute atomic E-state index is 13.5. The molecule has 2 atom stereocenters. The number of morpholine rings is 1. The Kier molecular flexibility index (Phi) is 10.7. The van der Waals surface area contributed by atoms with Crippen LogP contribution in [-0.4, -0.2) is 119 Å². The Morgan fingerprint density at radius 2 is 1.80 bits per heavy atom. The Morgan fingerprint density at radius 1 is 0.977 bits per heavy atom. The zero-order valence-electron chi connectivity index (χ0n) is 25.1. The predicted octanol–water partition coefficient (Wildman–Crippen LogP) is 1.17. The van der Waals surface area contributed by atoms with E-state index in [0.29, 0.717) is 36.9 Å². The first kappa shape index (κ1) is 32.1. The summed E-state index contributed by atoms with van der Waals surface area (Å²) in [5.41, 5.74) is 1.69. The quantitative estimate of drug-likeness (QED) is 0.498. The zero-order chi connectivity index (χ0) is 31.1. The molecule has 2 saturated heterocycles. The second-order valence-electron chi connectivity index (χ2n) is 10.9. The monoisotopic (exact) mass is 632 g/mol. The standard InChI is InChI=1S/C30H40N4O9S/c1-39-13-10-32-20-29(35)31-25-18-34(44(37,38)33-11-14-41-15-12-33)19-28(25)42-21-23-4-3-5-24(16-23)43-27-17-22(7-9-30(32)36)6-8-26(27)40-2/h3-6,8,16-17,25,28H,7,9-15,18-21H2,1-2H3,(H,31,35)/t25-,28-/m0/s1. The second kappa shape index (κ2) is 14.7. The lowest BCUT2D eigenvalue weighted by Gasteiger charge is -2.30. The Balaban J connectivity index is 1.42. The van der Waals surface area contributed by atoms with E-state index in [4.69, 9.17) is 23.7 Å². The SMILES string of the molecule is COCCN1CC(=O)N[C@H]2CN(S(=O)(=O)N3CCOCC3)C[C@@H]2OCc2cccc(c2)Oc2cc(ccc2OC)CCC1=O. The Hall–Kier alpha value is -3.27. The Bertz CT molecular complexity index is 1420. The van der Waals surface area contributed by atoms with E-state index in [1.807, 2.05) is 36.4 Å². The molecule has 0 aliphatic carbocycles. The first-order chi connectivity index (χ1) is 21.3. The summed E-state index contributed by atoms with van der Waals surface area (Å²) in [6.07, 6.45) is -0.0333. The summed E-state index contributed by atoms with van der Waals surface area (Å²) in [5, 5.41) is 2.95. The van der Waals surface area contributed by atoms with Gasteiger partial charge in [0.25, 0.3) is 10.2 Å². The number of ether oxygens (including phenoxy) is 5. The molecule has 0 unspecified atom stereocenters. The molecule has 3 aliphatic heterocycles. The van der Waals surface area contributed by atoms with Gasteiger partial charge in [-0.15, -0.1) is 0 Å². The fourth-order valence-electron chi connectivity index (χ4n) is 5.49. The molecule has 0 spiro atoms. The van der Waals surface area contributed by atoms with E-state index in [0.717, 1.165) is 11.1 Å². The van der Waals surface area contributed by atoms with Gasteiger partial charge in [0.2, 0.25) is 11.8 Å². The van der Waals surface area contributed by atoms with Gasteiger partial charge in [-0.05, 0) is 41.8 Å². The van der Waals surface area contributed by atoms with Gasteiger partial charge < -0.3 is 33.9 Å². The van der Waals surface area contributed by atoms with Crippen LogP contribution < -0.4 is 14.8 Å². The molecule has 3 aliphatic rings.